The van der Waals surface area contributed by atoms with E-state index >= 15 is 0 Å². The standard InChI is InChI=1S/C8H12N4/c1-6-2-10-8(11-3-6)12-4-7(9)5-12/h2-3,7H,4-5,9H2,1H3. The minimum atomic E-state index is 0.301. The van der Waals surface area contributed by atoms with Crippen molar-refractivity contribution in [3.05, 3.63) is 18.0 Å². The van der Waals surface area contributed by atoms with Crippen LogP contribution in [0, 0.1) is 6.92 Å². The SMILES string of the molecule is Cc1cnc(N2CC(N)C2)nc1. The summed E-state index contributed by atoms with van der Waals surface area (Å²) in [5.41, 5.74) is 6.73. The first-order valence-corrected chi connectivity index (χ1v) is 4.05. The monoisotopic (exact) mass is 164 g/mol. The zero-order valence-electron chi connectivity index (χ0n) is 7.07. The van der Waals surface area contributed by atoms with Gasteiger partial charge in [-0.05, 0) is 12.5 Å². The molecule has 4 heteroatoms. The zero-order chi connectivity index (χ0) is 8.55. The molecule has 1 fully saturated rings. The van der Waals surface area contributed by atoms with Crippen molar-refractivity contribution in [3.8, 4) is 0 Å². The van der Waals surface area contributed by atoms with Crippen LogP contribution in [-0.4, -0.2) is 29.1 Å². The smallest absolute Gasteiger partial charge is 0.225 e. The lowest BCUT2D eigenvalue weighted by Gasteiger charge is -2.36. The van der Waals surface area contributed by atoms with Crippen molar-refractivity contribution in [2.24, 2.45) is 5.73 Å². The van der Waals surface area contributed by atoms with Crippen LogP contribution in [0.5, 0.6) is 0 Å². The van der Waals surface area contributed by atoms with E-state index in [1.54, 1.807) is 0 Å². The molecular formula is C8H12N4. The third-order valence-corrected chi connectivity index (χ3v) is 1.96. The second-order valence-electron chi connectivity index (χ2n) is 3.23. The second-order valence-corrected chi connectivity index (χ2v) is 3.23. The Balaban J connectivity index is 2.09. The Kier molecular flexibility index (Phi) is 1.69. The number of hydrogen-bond acceptors (Lipinski definition) is 4. The van der Waals surface area contributed by atoms with Gasteiger partial charge in [-0.3, -0.25) is 0 Å². The van der Waals surface area contributed by atoms with Crippen LogP contribution in [0.4, 0.5) is 5.95 Å². The second kappa shape index (κ2) is 2.71. The van der Waals surface area contributed by atoms with Gasteiger partial charge in [-0.25, -0.2) is 9.97 Å². The molecule has 0 bridgehead atoms. The van der Waals surface area contributed by atoms with Gasteiger partial charge >= 0.3 is 0 Å². The Bertz CT molecular complexity index is 263. The van der Waals surface area contributed by atoms with Gasteiger partial charge in [-0.15, -0.1) is 0 Å². The summed E-state index contributed by atoms with van der Waals surface area (Å²) in [5, 5.41) is 0. The summed E-state index contributed by atoms with van der Waals surface area (Å²) in [4.78, 5) is 10.5. The Morgan fingerprint density at radius 1 is 1.42 bits per heavy atom. The van der Waals surface area contributed by atoms with Crippen molar-refractivity contribution < 1.29 is 0 Å². The van der Waals surface area contributed by atoms with E-state index in [0.29, 0.717) is 6.04 Å². The number of rotatable bonds is 1. The summed E-state index contributed by atoms with van der Waals surface area (Å²) in [6.45, 7) is 3.73. The van der Waals surface area contributed by atoms with Crippen LogP contribution in [0.3, 0.4) is 0 Å². The van der Waals surface area contributed by atoms with Gasteiger partial charge in [0.2, 0.25) is 5.95 Å². The third kappa shape index (κ3) is 1.25. The lowest BCUT2D eigenvalue weighted by molar-refractivity contribution is 0.508. The van der Waals surface area contributed by atoms with Gasteiger partial charge in [0.15, 0.2) is 0 Å². The molecule has 0 radical (unpaired) electrons. The van der Waals surface area contributed by atoms with Crippen LogP contribution >= 0.6 is 0 Å². The highest BCUT2D eigenvalue weighted by Crippen LogP contribution is 2.13. The Morgan fingerprint density at radius 3 is 2.50 bits per heavy atom. The molecule has 1 aromatic rings. The van der Waals surface area contributed by atoms with E-state index in [0.717, 1.165) is 24.6 Å². The summed E-state index contributed by atoms with van der Waals surface area (Å²) >= 11 is 0. The van der Waals surface area contributed by atoms with E-state index in [2.05, 4.69) is 14.9 Å². The van der Waals surface area contributed by atoms with Gasteiger partial charge in [-0.1, -0.05) is 0 Å². The van der Waals surface area contributed by atoms with Crippen LogP contribution in [0.15, 0.2) is 12.4 Å². The highest BCUT2D eigenvalue weighted by Gasteiger charge is 2.24. The fraction of sp³-hybridized carbons (Fsp3) is 0.500. The summed E-state index contributed by atoms with van der Waals surface area (Å²) in [6, 6.07) is 0.301. The molecule has 0 aromatic carbocycles. The lowest BCUT2D eigenvalue weighted by atomic mass is 10.1. The molecule has 0 aliphatic carbocycles. The maximum absolute atomic E-state index is 5.64. The summed E-state index contributed by atoms with van der Waals surface area (Å²) in [5.74, 6) is 0.794. The van der Waals surface area contributed by atoms with Gasteiger partial charge in [0, 0.05) is 31.5 Å². The molecule has 0 amide bonds. The maximum Gasteiger partial charge on any atom is 0.225 e. The van der Waals surface area contributed by atoms with Gasteiger partial charge < -0.3 is 10.6 Å². The average Bonchev–Trinajstić information content (AvgIpc) is 2.01. The lowest BCUT2D eigenvalue weighted by Crippen LogP contribution is -2.56. The normalized spacial score (nSPS) is 17.7. The molecule has 64 valence electrons. The van der Waals surface area contributed by atoms with Crippen LogP contribution < -0.4 is 10.6 Å². The number of aryl methyl sites for hydroxylation is 1. The van der Waals surface area contributed by atoms with Crippen molar-refractivity contribution >= 4 is 5.95 Å². The summed E-state index contributed by atoms with van der Waals surface area (Å²) < 4.78 is 0. The number of nitrogens with two attached hydrogens (primary N) is 1. The number of hydrogen-bond donors (Lipinski definition) is 1. The van der Waals surface area contributed by atoms with E-state index in [1.165, 1.54) is 0 Å². The molecule has 2 N–H and O–H groups in total. The van der Waals surface area contributed by atoms with Gasteiger partial charge in [0.05, 0.1) is 0 Å². The predicted octanol–water partition coefficient (Wildman–Crippen LogP) is -0.0677. The average molecular weight is 164 g/mol. The van der Waals surface area contributed by atoms with Gasteiger partial charge in [0.1, 0.15) is 0 Å². The molecule has 2 rings (SSSR count). The van der Waals surface area contributed by atoms with Gasteiger partial charge in [-0.2, -0.15) is 0 Å². The predicted molar refractivity (Wildman–Crippen MR) is 47.0 cm³/mol. The minimum absolute atomic E-state index is 0.301. The third-order valence-electron chi connectivity index (χ3n) is 1.96. The minimum Gasteiger partial charge on any atom is -0.338 e. The zero-order valence-corrected chi connectivity index (χ0v) is 7.07. The van der Waals surface area contributed by atoms with E-state index in [1.807, 2.05) is 19.3 Å². The van der Waals surface area contributed by atoms with Crippen LogP contribution in [0.2, 0.25) is 0 Å². The van der Waals surface area contributed by atoms with E-state index in [-0.39, 0.29) is 0 Å². The molecular weight excluding hydrogens is 152 g/mol. The highest BCUT2D eigenvalue weighted by molar-refractivity contribution is 5.34. The molecule has 1 aromatic heterocycles. The fourth-order valence-corrected chi connectivity index (χ4v) is 1.23. The first-order valence-electron chi connectivity index (χ1n) is 4.05. The Hall–Kier alpha value is -1.16. The molecule has 12 heavy (non-hydrogen) atoms. The summed E-state index contributed by atoms with van der Waals surface area (Å²) in [7, 11) is 0. The number of aromatic nitrogens is 2. The topological polar surface area (TPSA) is 55.0 Å². The van der Waals surface area contributed by atoms with E-state index in [4.69, 9.17) is 5.73 Å². The molecule has 1 aliphatic rings. The summed E-state index contributed by atoms with van der Waals surface area (Å²) in [6.07, 6.45) is 3.65. The first kappa shape index (κ1) is 7.49. The van der Waals surface area contributed by atoms with Gasteiger partial charge in [0.25, 0.3) is 0 Å². The molecule has 0 atom stereocenters. The first-order chi connectivity index (χ1) is 5.75. The molecule has 0 spiro atoms. The van der Waals surface area contributed by atoms with Crippen molar-refractivity contribution in [1.82, 2.24) is 9.97 Å². The Labute approximate surface area is 71.4 Å². The molecule has 0 saturated carbocycles. The Morgan fingerprint density at radius 2 is 2.00 bits per heavy atom. The largest absolute Gasteiger partial charge is 0.338 e. The highest BCUT2D eigenvalue weighted by atomic mass is 15.3. The van der Waals surface area contributed by atoms with Crippen molar-refractivity contribution in [3.63, 3.8) is 0 Å². The van der Waals surface area contributed by atoms with Crippen LogP contribution in [0.1, 0.15) is 5.56 Å². The quantitative estimate of drug-likeness (QED) is 0.631. The number of nitrogens with zero attached hydrogens (tertiary/aromatic N) is 3. The van der Waals surface area contributed by atoms with E-state index < -0.39 is 0 Å². The molecule has 1 aliphatic heterocycles. The van der Waals surface area contributed by atoms with Crippen molar-refractivity contribution in [2.45, 2.75) is 13.0 Å². The van der Waals surface area contributed by atoms with Crippen molar-refractivity contribution in [2.75, 3.05) is 18.0 Å². The molecule has 0 unspecified atom stereocenters. The van der Waals surface area contributed by atoms with Crippen molar-refractivity contribution in [1.29, 1.82) is 0 Å². The maximum atomic E-state index is 5.64. The molecule has 4 nitrogen and oxygen atoms in total. The number of anilines is 1. The fourth-order valence-electron chi connectivity index (χ4n) is 1.23. The van der Waals surface area contributed by atoms with Crippen LogP contribution in [0.25, 0.3) is 0 Å². The molecule has 2 heterocycles. The van der Waals surface area contributed by atoms with Crippen LogP contribution in [-0.2, 0) is 0 Å². The molecule has 1 saturated heterocycles. The van der Waals surface area contributed by atoms with E-state index in [9.17, 15) is 0 Å².